The lowest BCUT2D eigenvalue weighted by Crippen LogP contribution is -2.35. The number of carbonyl (C=O) groups is 1. The molecule has 1 aromatic heterocycles. The quantitative estimate of drug-likeness (QED) is 0.770. The molecule has 5 nitrogen and oxygen atoms in total. The van der Waals surface area contributed by atoms with Crippen molar-refractivity contribution in [3.05, 3.63) is 72.1 Å². The summed E-state index contributed by atoms with van der Waals surface area (Å²) in [6.45, 7) is 4.61. The van der Waals surface area contributed by atoms with Crippen LogP contribution in [0.15, 0.2) is 54.8 Å². The monoisotopic (exact) mass is 406 g/mol. The number of aryl methyl sites for hydroxylation is 2. The van der Waals surface area contributed by atoms with E-state index in [0.717, 1.165) is 36.6 Å². The summed E-state index contributed by atoms with van der Waals surface area (Å²) in [4.78, 5) is 24.1. The Morgan fingerprint density at radius 1 is 1.27 bits per heavy atom. The predicted molar refractivity (Wildman–Crippen MR) is 117 cm³/mol. The van der Waals surface area contributed by atoms with Gasteiger partial charge in [-0.1, -0.05) is 24.3 Å². The second-order valence-corrected chi connectivity index (χ2v) is 8.39. The Balaban J connectivity index is 1.54. The minimum Gasteiger partial charge on any atom is -0.371 e. The van der Waals surface area contributed by atoms with Gasteiger partial charge in [-0.2, -0.15) is 0 Å². The van der Waals surface area contributed by atoms with E-state index >= 15 is 0 Å². The summed E-state index contributed by atoms with van der Waals surface area (Å²) >= 11 is 0. The molecule has 1 heterocycles. The molecule has 1 aromatic carbocycles. The Morgan fingerprint density at radius 3 is 2.70 bits per heavy atom. The van der Waals surface area contributed by atoms with Gasteiger partial charge in [-0.15, -0.1) is 0 Å². The zero-order chi connectivity index (χ0) is 21.3. The third-order valence-electron chi connectivity index (χ3n) is 6.28. The van der Waals surface area contributed by atoms with E-state index in [2.05, 4.69) is 44.5 Å². The highest BCUT2D eigenvalue weighted by molar-refractivity contribution is 5.95. The average Bonchev–Trinajstić information content (AvgIpc) is 3.45. The largest absolute Gasteiger partial charge is 0.371 e. The van der Waals surface area contributed by atoms with Crippen LogP contribution < -0.4 is 10.2 Å². The fourth-order valence-corrected chi connectivity index (χ4v) is 4.62. The third kappa shape index (κ3) is 3.99. The summed E-state index contributed by atoms with van der Waals surface area (Å²) in [5, 5.41) is 2.97. The number of allylic oxidation sites excluding steroid dienone is 4. The fraction of sp³-hybridized carbons (Fsp3) is 0.375. The predicted octanol–water partition coefficient (Wildman–Crippen LogP) is 4.45. The van der Waals surface area contributed by atoms with Crippen LogP contribution in [0, 0.1) is 36.9 Å². The molecule has 1 unspecified atom stereocenters. The molecule has 1 N–H and O–H groups in total. The van der Waals surface area contributed by atoms with Gasteiger partial charge in [-0.25, -0.2) is 14.4 Å². The standard InChI is InChI=1S/C24H27FN4O/c1-16-22(14-26-17(2)27-16)29(3)15-24(18-7-5-4-6-8-18)13-21(24)23(30)28-20-11-9-19(25)10-12-20/h4-7,9-12,14,18,21H,8,13,15H2,1-3H3,(H,28,30)/t18?,21-,24+/m0/s1. The van der Waals surface area contributed by atoms with E-state index in [1.165, 1.54) is 12.1 Å². The van der Waals surface area contributed by atoms with Crippen molar-refractivity contribution in [3.8, 4) is 0 Å². The van der Waals surface area contributed by atoms with E-state index in [-0.39, 0.29) is 23.1 Å². The van der Waals surface area contributed by atoms with Gasteiger partial charge in [0.05, 0.1) is 17.6 Å². The second kappa shape index (κ2) is 8.01. The van der Waals surface area contributed by atoms with Crippen LogP contribution in [0.5, 0.6) is 0 Å². The van der Waals surface area contributed by atoms with Crippen LogP contribution >= 0.6 is 0 Å². The Kier molecular flexibility index (Phi) is 5.41. The lowest BCUT2D eigenvalue weighted by molar-refractivity contribution is -0.118. The summed E-state index contributed by atoms with van der Waals surface area (Å²) in [5.74, 6) is 0.626. The average molecular weight is 407 g/mol. The smallest absolute Gasteiger partial charge is 0.228 e. The topological polar surface area (TPSA) is 58.1 Å². The summed E-state index contributed by atoms with van der Waals surface area (Å²) in [6.07, 6.45) is 12.1. The van der Waals surface area contributed by atoms with E-state index < -0.39 is 0 Å². The van der Waals surface area contributed by atoms with E-state index in [1.807, 2.05) is 27.1 Å². The van der Waals surface area contributed by atoms with Crippen molar-refractivity contribution in [1.29, 1.82) is 0 Å². The van der Waals surface area contributed by atoms with E-state index in [9.17, 15) is 9.18 Å². The minimum absolute atomic E-state index is 0.00478. The lowest BCUT2D eigenvalue weighted by atomic mass is 9.81. The summed E-state index contributed by atoms with van der Waals surface area (Å²) in [7, 11) is 2.04. The first kappa shape index (κ1) is 20.3. The molecule has 6 heteroatoms. The number of carbonyl (C=O) groups excluding carboxylic acids is 1. The number of hydrogen-bond acceptors (Lipinski definition) is 4. The van der Waals surface area contributed by atoms with Gasteiger partial charge in [0.15, 0.2) is 0 Å². The molecule has 2 aliphatic carbocycles. The molecule has 2 aromatic rings. The molecule has 1 amide bonds. The summed E-state index contributed by atoms with van der Waals surface area (Å²) in [5.41, 5.74) is 2.39. The molecular weight excluding hydrogens is 379 g/mol. The first-order valence-corrected chi connectivity index (χ1v) is 10.3. The van der Waals surface area contributed by atoms with Gasteiger partial charge < -0.3 is 10.2 Å². The van der Waals surface area contributed by atoms with Crippen LogP contribution in [0.25, 0.3) is 0 Å². The van der Waals surface area contributed by atoms with Gasteiger partial charge in [0, 0.05) is 30.6 Å². The summed E-state index contributed by atoms with van der Waals surface area (Å²) in [6, 6.07) is 5.91. The SMILES string of the molecule is Cc1ncc(N(C)C[C@@]2(C3C=CC=CC3)C[C@H]2C(=O)Nc2ccc(F)cc2)c(C)n1. The third-order valence-corrected chi connectivity index (χ3v) is 6.28. The van der Waals surface area contributed by atoms with Crippen molar-refractivity contribution in [3.63, 3.8) is 0 Å². The zero-order valence-corrected chi connectivity index (χ0v) is 17.6. The van der Waals surface area contributed by atoms with Crippen LogP contribution in [0.3, 0.4) is 0 Å². The van der Waals surface area contributed by atoms with Crippen molar-refractivity contribution >= 4 is 17.3 Å². The van der Waals surface area contributed by atoms with Gasteiger partial charge in [0.25, 0.3) is 0 Å². The Labute approximate surface area is 176 Å². The number of rotatable bonds is 6. The number of hydrogen-bond donors (Lipinski definition) is 1. The Bertz CT molecular complexity index is 1000. The number of nitrogens with one attached hydrogen (secondary N) is 1. The maximum Gasteiger partial charge on any atom is 0.228 e. The molecule has 0 radical (unpaired) electrons. The molecule has 3 atom stereocenters. The summed E-state index contributed by atoms with van der Waals surface area (Å²) < 4.78 is 13.2. The van der Waals surface area contributed by atoms with E-state index in [4.69, 9.17) is 0 Å². The van der Waals surface area contributed by atoms with Crippen LogP contribution in [-0.4, -0.2) is 29.5 Å². The number of halogens is 1. The van der Waals surface area contributed by atoms with Crippen molar-refractivity contribution < 1.29 is 9.18 Å². The van der Waals surface area contributed by atoms with E-state index in [1.54, 1.807) is 12.1 Å². The van der Waals surface area contributed by atoms with E-state index in [0.29, 0.717) is 11.6 Å². The van der Waals surface area contributed by atoms with Crippen molar-refractivity contribution in [2.24, 2.45) is 17.3 Å². The Hall–Kier alpha value is -3.02. The first-order chi connectivity index (χ1) is 14.4. The molecule has 0 saturated heterocycles. The molecule has 1 fully saturated rings. The van der Waals surface area contributed by atoms with Crippen molar-refractivity contribution in [1.82, 2.24) is 9.97 Å². The maximum absolute atomic E-state index is 13.2. The van der Waals surface area contributed by atoms with Gasteiger partial charge in [-0.3, -0.25) is 4.79 Å². The molecule has 2 aliphatic rings. The van der Waals surface area contributed by atoms with Gasteiger partial charge in [0.2, 0.25) is 5.91 Å². The maximum atomic E-state index is 13.2. The minimum atomic E-state index is -0.315. The molecule has 1 saturated carbocycles. The zero-order valence-electron chi connectivity index (χ0n) is 17.6. The number of nitrogens with zero attached hydrogens (tertiary/aromatic N) is 3. The Morgan fingerprint density at radius 2 is 2.03 bits per heavy atom. The van der Waals surface area contributed by atoms with Crippen LogP contribution in [0.1, 0.15) is 24.4 Å². The first-order valence-electron chi connectivity index (χ1n) is 10.3. The van der Waals surface area contributed by atoms with Crippen LogP contribution in [0.2, 0.25) is 0 Å². The van der Waals surface area contributed by atoms with Gasteiger partial charge in [0.1, 0.15) is 11.6 Å². The molecule has 30 heavy (non-hydrogen) atoms. The molecule has 0 bridgehead atoms. The number of anilines is 2. The second-order valence-electron chi connectivity index (χ2n) is 8.39. The number of benzene rings is 1. The highest BCUT2D eigenvalue weighted by Gasteiger charge is 2.61. The van der Waals surface area contributed by atoms with Crippen LogP contribution in [0.4, 0.5) is 15.8 Å². The van der Waals surface area contributed by atoms with Crippen molar-refractivity contribution in [2.75, 3.05) is 23.8 Å². The number of aromatic nitrogens is 2. The molecular formula is C24H27FN4O. The highest BCUT2D eigenvalue weighted by Crippen LogP contribution is 2.60. The normalized spacial score (nSPS) is 24.5. The lowest BCUT2D eigenvalue weighted by Gasteiger charge is -2.32. The van der Waals surface area contributed by atoms with Gasteiger partial charge in [-0.05, 0) is 56.9 Å². The fourth-order valence-electron chi connectivity index (χ4n) is 4.62. The molecule has 4 rings (SSSR count). The highest BCUT2D eigenvalue weighted by atomic mass is 19.1. The molecule has 156 valence electrons. The van der Waals surface area contributed by atoms with Crippen molar-refractivity contribution in [2.45, 2.75) is 26.7 Å². The van der Waals surface area contributed by atoms with Crippen LogP contribution in [-0.2, 0) is 4.79 Å². The molecule has 0 aliphatic heterocycles. The number of amides is 1. The van der Waals surface area contributed by atoms with Gasteiger partial charge >= 0.3 is 0 Å². The molecule has 0 spiro atoms.